The third-order valence-corrected chi connectivity index (χ3v) is 4.48. The van der Waals surface area contributed by atoms with E-state index in [2.05, 4.69) is 15.6 Å². The molecule has 2 heterocycles. The number of nitrogens with one attached hydrogen (secondary N) is 2. The van der Waals surface area contributed by atoms with Crippen LogP contribution in [0.3, 0.4) is 0 Å². The number of amides is 1. The minimum atomic E-state index is 0.0722. The Morgan fingerprint density at radius 3 is 2.92 bits per heavy atom. The topological polar surface area (TPSA) is 63.2 Å². The van der Waals surface area contributed by atoms with E-state index < -0.39 is 0 Å². The van der Waals surface area contributed by atoms with Crippen LogP contribution in [0, 0.1) is 5.92 Å². The lowest BCUT2D eigenvalue weighted by molar-refractivity contribution is -0.116. The Labute approximate surface area is 148 Å². The summed E-state index contributed by atoms with van der Waals surface area (Å²) in [6.45, 7) is 2.60. The van der Waals surface area contributed by atoms with Gasteiger partial charge in [0.1, 0.15) is 12.4 Å². The summed E-state index contributed by atoms with van der Waals surface area (Å²) in [5.41, 5.74) is 1.79. The number of carbonyl (C=O) groups excluding carboxylic acids is 1. The number of benzene rings is 1. The van der Waals surface area contributed by atoms with Gasteiger partial charge >= 0.3 is 0 Å². The van der Waals surface area contributed by atoms with E-state index in [4.69, 9.17) is 4.74 Å². The van der Waals surface area contributed by atoms with E-state index in [-0.39, 0.29) is 5.91 Å². The number of hydrogen-bond donors (Lipinski definition) is 2. The van der Waals surface area contributed by atoms with E-state index in [0.717, 1.165) is 36.5 Å². The van der Waals surface area contributed by atoms with Crippen molar-refractivity contribution < 1.29 is 9.53 Å². The smallest absolute Gasteiger partial charge is 0.224 e. The predicted molar refractivity (Wildman–Crippen MR) is 98.5 cm³/mol. The quantitative estimate of drug-likeness (QED) is 0.812. The number of carbonyl (C=O) groups is 1. The first kappa shape index (κ1) is 17.4. The Bertz CT molecular complexity index is 670. The number of hydrogen-bond acceptors (Lipinski definition) is 4. The summed E-state index contributed by atoms with van der Waals surface area (Å²) in [5, 5.41) is 6.33. The molecule has 5 heteroatoms. The maximum absolute atomic E-state index is 12.2. The van der Waals surface area contributed by atoms with Gasteiger partial charge in [0.15, 0.2) is 0 Å². The summed E-state index contributed by atoms with van der Waals surface area (Å²) in [7, 11) is 0. The molecule has 0 bridgehead atoms. The zero-order chi connectivity index (χ0) is 17.3. The van der Waals surface area contributed by atoms with E-state index >= 15 is 0 Å². The highest BCUT2D eigenvalue weighted by molar-refractivity contribution is 5.90. The average Bonchev–Trinajstić information content (AvgIpc) is 2.67. The van der Waals surface area contributed by atoms with Crippen LogP contribution in [0.25, 0.3) is 0 Å². The van der Waals surface area contributed by atoms with Crippen LogP contribution in [0.5, 0.6) is 5.75 Å². The van der Waals surface area contributed by atoms with E-state index in [1.165, 1.54) is 12.8 Å². The summed E-state index contributed by atoms with van der Waals surface area (Å²) in [5.74, 6) is 1.48. The molecule has 1 aromatic heterocycles. The van der Waals surface area contributed by atoms with Crippen LogP contribution in [0.4, 0.5) is 5.69 Å². The van der Waals surface area contributed by atoms with Crippen molar-refractivity contribution in [3.05, 3.63) is 54.4 Å². The molecule has 3 rings (SSSR count). The third-order valence-electron chi connectivity index (χ3n) is 4.48. The molecule has 0 aliphatic carbocycles. The second-order valence-electron chi connectivity index (χ2n) is 6.46. The molecule has 1 aliphatic heterocycles. The molecule has 2 aromatic rings. The summed E-state index contributed by atoms with van der Waals surface area (Å²) < 4.78 is 5.77. The molecule has 1 aliphatic rings. The van der Waals surface area contributed by atoms with E-state index in [0.29, 0.717) is 18.9 Å². The minimum Gasteiger partial charge on any atom is -0.489 e. The highest BCUT2D eigenvalue weighted by atomic mass is 16.5. The van der Waals surface area contributed by atoms with Crippen LogP contribution in [0.1, 0.15) is 31.2 Å². The molecule has 132 valence electrons. The zero-order valence-electron chi connectivity index (χ0n) is 14.4. The molecular formula is C20H25N3O2. The molecule has 1 saturated heterocycles. The molecule has 0 radical (unpaired) electrons. The molecule has 1 fully saturated rings. The molecule has 5 nitrogen and oxygen atoms in total. The number of pyridine rings is 1. The lowest BCUT2D eigenvalue weighted by atomic mass is 9.93. The van der Waals surface area contributed by atoms with Crippen LogP contribution in [0.15, 0.2) is 48.8 Å². The molecule has 0 unspecified atom stereocenters. The average molecular weight is 339 g/mol. The summed E-state index contributed by atoms with van der Waals surface area (Å²) >= 11 is 0. The Kier molecular flexibility index (Phi) is 6.40. The van der Waals surface area contributed by atoms with Crippen molar-refractivity contribution >= 4 is 11.6 Å². The normalized spacial score (nSPS) is 14.9. The van der Waals surface area contributed by atoms with Crippen molar-refractivity contribution in [1.29, 1.82) is 0 Å². The Morgan fingerprint density at radius 1 is 1.24 bits per heavy atom. The largest absolute Gasteiger partial charge is 0.489 e. The van der Waals surface area contributed by atoms with E-state index in [9.17, 15) is 4.79 Å². The molecule has 1 aromatic carbocycles. The number of nitrogens with zero attached hydrogens (tertiary/aromatic N) is 1. The van der Waals surface area contributed by atoms with Crippen LogP contribution in [0.2, 0.25) is 0 Å². The highest BCUT2D eigenvalue weighted by Gasteiger charge is 2.14. The fraction of sp³-hybridized carbons (Fsp3) is 0.400. The lowest BCUT2D eigenvalue weighted by Gasteiger charge is -2.22. The molecule has 2 N–H and O–H groups in total. The first-order chi connectivity index (χ1) is 12.3. The number of piperidine rings is 1. The van der Waals surface area contributed by atoms with Gasteiger partial charge in [-0.1, -0.05) is 12.1 Å². The second kappa shape index (κ2) is 9.18. The fourth-order valence-electron chi connectivity index (χ4n) is 3.04. The van der Waals surface area contributed by atoms with E-state index in [1.54, 1.807) is 12.4 Å². The Balaban J connectivity index is 1.46. The van der Waals surface area contributed by atoms with Gasteiger partial charge in [-0.05, 0) is 56.5 Å². The van der Waals surface area contributed by atoms with Crippen molar-refractivity contribution in [3.8, 4) is 5.75 Å². The summed E-state index contributed by atoms with van der Waals surface area (Å²) in [6, 6.07) is 11.4. The maximum Gasteiger partial charge on any atom is 0.224 e. The van der Waals surface area contributed by atoms with Gasteiger partial charge in [-0.3, -0.25) is 9.78 Å². The van der Waals surface area contributed by atoms with Gasteiger partial charge in [-0.2, -0.15) is 0 Å². The van der Waals surface area contributed by atoms with Gasteiger partial charge in [0.2, 0.25) is 5.91 Å². The fourth-order valence-corrected chi connectivity index (χ4v) is 3.04. The van der Waals surface area contributed by atoms with Crippen molar-refractivity contribution in [2.75, 3.05) is 18.4 Å². The van der Waals surface area contributed by atoms with Crippen LogP contribution in [-0.2, 0) is 11.4 Å². The monoisotopic (exact) mass is 339 g/mol. The molecule has 0 atom stereocenters. The number of aromatic nitrogens is 1. The van der Waals surface area contributed by atoms with Crippen LogP contribution in [-0.4, -0.2) is 24.0 Å². The molecule has 0 saturated carbocycles. The minimum absolute atomic E-state index is 0.0722. The summed E-state index contributed by atoms with van der Waals surface area (Å²) in [4.78, 5) is 16.2. The molecule has 0 spiro atoms. The highest BCUT2D eigenvalue weighted by Crippen LogP contribution is 2.21. The Hall–Kier alpha value is -2.40. The van der Waals surface area contributed by atoms with Gasteiger partial charge in [-0.15, -0.1) is 0 Å². The second-order valence-corrected chi connectivity index (χ2v) is 6.46. The van der Waals surface area contributed by atoms with E-state index in [1.807, 2.05) is 36.4 Å². The molecular weight excluding hydrogens is 314 g/mol. The van der Waals surface area contributed by atoms with Gasteiger partial charge in [0, 0.05) is 36.1 Å². The maximum atomic E-state index is 12.2. The van der Waals surface area contributed by atoms with Crippen molar-refractivity contribution in [3.63, 3.8) is 0 Å². The standard InChI is InChI=1S/C20H25N3O2/c24-20(7-6-16-8-11-21-12-9-16)23-18-4-1-5-19(13-18)25-15-17-3-2-10-22-14-17/h1-5,10,13-14,16,21H,6-9,11-12,15H2,(H,23,24). The van der Waals surface area contributed by atoms with Gasteiger partial charge in [0.25, 0.3) is 0 Å². The molecule has 25 heavy (non-hydrogen) atoms. The number of rotatable bonds is 7. The van der Waals surface area contributed by atoms with Gasteiger partial charge in [0.05, 0.1) is 0 Å². The molecule has 1 amide bonds. The van der Waals surface area contributed by atoms with Crippen LogP contribution < -0.4 is 15.4 Å². The van der Waals surface area contributed by atoms with Gasteiger partial charge in [-0.25, -0.2) is 0 Å². The van der Waals surface area contributed by atoms with Crippen molar-refractivity contribution in [1.82, 2.24) is 10.3 Å². The zero-order valence-corrected chi connectivity index (χ0v) is 14.4. The van der Waals surface area contributed by atoms with Gasteiger partial charge < -0.3 is 15.4 Å². The first-order valence-corrected chi connectivity index (χ1v) is 8.92. The SMILES string of the molecule is O=C(CCC1CCNCC1)Nc1cccc(OCc2cccnc2)c1. The summed E-state index contributed by atoms with van der Waals surface area (Å²) in [6.07, 6.45) is 7.40. The lowest BCUT2D eigenvalue weighted by Crippen LogP contribution is -2.28. The number of anilines is 1. The van der Waals surface area contributed by atoms with Crippen molar-refractivity contribution in [2.45, 2.75) is 32.3 Å². The van der Waals surface area contributed by atoms with Crippen LogP contribution >= 0.6 is 0 Å². The predicted octanol–water partition coefficient (Wildman–Crippen LogP) is 3.38. The first-order valence-electron chi connectivity index (χ1n) is 8.92. The van der Waals surface area contributed by atoms with Crippen molar-refractivity contribution in [2.24, 2.45) is 5.92 Å². The Morgan fingerprint density at radius 2 is 2.12 bits per heavy atom. The number of ether oxygens (including phenoxy) is 1. The third kappa shape index (κ3) is 5.87.